The third-order valence-electron chi connectivity index (χ3n) is 2.65. The fourth-order valence-electron chi connectivity index (χ4n) is 1.79. The molecule has 0 aliphatic carbocycles. The van der Waals surface area contributed by atoms with Crippen LogP contribution in [0.3, 0.4) is 0 Å². The number of hydrogen-bond donors (Lipinski definition) is 1. The van der Waals surface area contributed by atoms with E-state index in [-0.39, 0.29) is 24.1 Å². The normalized spacial score (nSPS) is 16.4. The van der Waals surface area contributed by atoms with Gasteiger partial charge in [-0.05, 0) is 12.5 Å². The summed E-state index contributed by atoms with van der Waals surface area (Å²) in [6, 6.07) is 1.46. The fourth-order valence-corrected chi connectivity index (χ4v) is 1.79. The van der Waals surface area contributed by atoms with Crippen molar-refractivity contribution in [2.45, 2.75) is 25.8 Å². The third kappa shape index (κ3) is 2.20. The number of hydrogen-bond acceptors (Lipinski definition) is 4. The van der Waals surface area contributed by atoms with Gasteiger partial charge in [0.15, 0.2) is 0 Å². The van der Waals surface area contributed by atoms with Crippen LogP contribution in [0.15, 0.2) is 16.7 Å². The number of likely N-dealkylation sites (tertiary alicyclic amines) is 1. The van der Waals surface area contributed by atoms with E-state index in [0.29, 0.717) is 24.8 Å². The zero-order chi connectivity index (χ0) is 12.4. The average Bonchev–Trinajstić information content (AvgIpc) is 2.72. The minimum absolute atomic E-state index is 0.0319. The van der Waals surface area contributed by atoms with E-state index in [2.05, 4.69) is 0 Å². The summed E-state index contributed by atoms with van der Waals surface area (Å²) in [6.45, 7) is -0.0319. The monoisotopic (exact) mass is 237 g/mol. The largest absolute Gasteiger partial charge is 0.475 e. The van der Waals surface area contributed by atoms with Crippen molar-refractivity contribution < 1.29 is 23.9 Å². The number of imide groups is 1. The lowest BCUT2D eigenvalue weighted by Crippen LogP contribution is -2.39. The van der Waals surface area contributed by atoms with E-state index >= 15 is 0 Å². The van der Waals surface area contributed by atoms with Crippen molar-refractivity contribution in [3.63, 3.8) is 0 Å². The summed E-state index contributed by atoms with van der Waals surface area (Å²) in [5.74, 6) is -1.96. The van der Waals surface area contributed by atoms with Crippen LogP contribution in [0.25, 0.3) is 0 Å². The molecule has 0 aromatic carbocycles. The molecule has 90 valence electrons. The second kappa shape index (κ2) is 4.40. The van der Waals surface area contributed by atoms with Gasteiger partial charge in [-0.15, -0.1) is 0 Å². The maximum atomic E-state index is 11.5. The molecule has 2 heterocycles. The van der Waals surface area contributed by atoms with Gasteiger partial charge in [0.25, 0.3) is 0 Å². The molecule has 2 rings (SSSR count). The molecule has 0 unspecified atom stereocenters. The summed E-state index contributed by atoms with van der Waals surface area (Å²) in [5.41, 5.74) is 0.334. The molecule has 1 saturated heterocycles. The second-order valence-corrected chi connectivity index (χ2v) is 3.81. The molecule has 1 aromatic rings. The Kier molecular flexibility index (Phi) is 2.95. The first kappa shape index (κ1) is 11.4. The van der Waals surface area contributed by atoms with Gasteiger partial charge >= 0.3 is 5.97 Å². The Balaban J connectivity index is 2.19. The highest BCUT2D eigenvalue weighted by Gasteiger charge is 2.28. The number of nitrogens with zero attached hydrogens (tertiary/aromatic N) is 1. The number of carboxylic acids is 1. The first-order chi connectivity index (χ1) is 8.09. The van der Waals surface area contributed by atoms with Gasteiger partial charge in [-0.3, -0.25) is 14.5 Å². The van der Waals surface area contributed by atoms with Crippen LogP contribution < -0.4 is 0 Å². The fraction of sp³-hybridized carbons (Fsp3) is 0.364. The Morgan fingerprint density at radius 1 is 1.35 bits per heavy atom. The van der Waals surface area contributed by atoms with E-state index in [1.807, 2.05) is 0 Å². The van der Waals surface area contributed by atoms with Crippen LogP contribution in [0.1, 0.15) is 35.4 Å². The highest BCUT2D eigenvalue weighted by molar-refractivity contribution is 5.97. The number of piperidine rings is 1. The second-order valence-electron chi connectivity index (χ2n) is 3.81. The van der Waals surface area contributed by atoms with E-state index < -0.39 is 5.97 Å². The van der Waals surface area contributed by atoms with Crippen LogP contribution in [0.4, 0.5) is 0 Å². The van der Waals surface area contributed by atoms with Gasteiger partial charge in [-0.2, -0.15) is 0 Å². The third-order valence-corrected chi connectivity index (χ3v) is 2.65. The lowest BCUT2D eigenvalue weighted by molar-refractivity contribution is -0.148. The zero-order valence-electron chi connectivity index (χ0n) is 9.01. The number of amides is 2. The summed E-state index contributed by atoms with van der Waals surface area (Å²) in [5, 5.41) is 8.83. The molecule has 2 amide bonds. The summed E-state index contributed by atoms with van der Waals surface area (Å²) < 4.78 is 4.79. The van der Waals surface area contributed by atoms with E-state index in [9.17, 15) is 14.4 Å². The number of aromatic carboxylic acids is 1. The van der Waals surface area contributed by atoms with E-state index in [0.717, 1.165) is 4.90 Å². The SMILES string of the molecule is O=C(O)c1occc1CN1C(=O)CCCC1=O. The lowest BCUT2D eigenvalue weighted by atomic mass is 10.1. The number of carboxylic acid groups (broad SMARTS) is 1. The van der Waals surface area contributed by atoms with Crippen molar-refractivity contribution in [2.24, 2.45) is 0 Å². The lowest BCUT2D eigenvalue weighted by Gasteiger charge is -2.24. The number of rotatable bonds is 3. The summed E-state index contributed by atoms with van der Waals surface area (Å²) in [4.78, 5) is 35.0. The van der Waals surface area contributed by atoms with Gasteiger partial charge < -0.3 is 9.52 Å². The Bertz CT molecular complexity index is 460. The number of furan rings is 1. The quantitative estimate of drug-likeness (QED) is 0.793. The van der Waals surface area contributed by atoms with Gasteiger partial charge in [0.2, 0.25) is 17.6 Å². The Morgan fingerprint density at radius 3 is 2.59 bits per heavy atom. The van der Waals surface area contributed by atoms with Crippen LogP contribution in [0, 0.1) is 0 Å². The van der Waals surface area contributed by atoms with Crippen LogP contribution in [0.5, 0.6) is 0 Å². The molecule has 1 aromatic heterocycles. The molecular weight excluding hydrogens is 226 g/mol. The molecule has 0 bridgehead atoms. The molecule has 0 spiro atoms. The summed E-state index contributed by atoms with van der Waals surface area (Å²) >= 11 is 0. The van der Waals surface area contributed by atoms with Crippen molar-refractivity contribution in [2.75, 3.05) is 0 Å². The average molecular weight is 237 g/mol. The predicted molar refractivity (Wildman–Crippen MR) is 55.1 cm³/mol. The van der Waals surface area contributed by atoms with Gasteiger partial charge in [0.1, 0.15) is 0 Å². The van der Waals surface area contributed by atoms with Crippen molar-refractivity contribution >= 4 is 17.8 Å². The van der Waals surface area contributed by atoms with Gasteiger partial charge in [-0.1, -0.05) is 0 Å². The Hall–Kier alpha value is -2.11. The van der Waals surface area contributed by atoms with Crippen molar-refractivity contribution in [1.29, 1.82) is 0 Å². The van der Waals surface area contributed by atoms with E-state index in [1.165, 1.54) is 12.3 Å². The summed E-state index contributed by atoms with van der Waals surface area (Å²) in [6.07, 6.45) is 2.45. The van der Waals surface area contributed by atoms with Crippen LogP contribution in [0.2, 0.25) is 0 Å². The van der Waals surface area contributed by atoms with Crippen molar-refractivity contribution in [3.05, 3.63) is 23.7 Å². The molecule has 1 N–H and O–H groups in total. The molecule has 0 radical (unpaired) electrons. The van der Waals surface area contributed by atoms with Crippen LogP contribution >= 0.6 is 0 Å². The molecular formula is C11H11NO5. The Morgan fingerprint density at radius 2 is 2.00 bits per heavy atom. The smallest absolute Gasteiger partial charge is 0.372 e. The van der Waals surface area contributed by atoms with Crippen LogP contribution in [-0.4, -0.2) is 27.8 Å². The molecule has 1 aliphatic heterocycles. The highest BCUT2D eigenvalue weighted by Crippen LogP contribution is 2.18. The zero-order valence-corrected chi connectivity index (χ0v) is 9.01. The topological polar surface area (TPSA) is 87.8 Å². The number of carbonyl (C=O) groups excluding carboxylic acids is 2. The molecule has 17 heavy (non-hydrogen) atoms. The van der Waals surface area contributed by atoms with Crippen molar-refractivity contribution in [1.82, 2.24) is 4.90 Å². The van der Waals surface area contributed by atoms with E-state index in [4.69, 9.17) is 9.52 Å². The Labute approximate surface area is 96.8 Å². The first-order valence-electron chi connectivity index (χ1n) is 5.22. The first-order valence-corrected chi connectivity index (χ1v) is 5.22. The molecule has 6 heteroatoms. The molecule has 0 atom stereocenters. The van der Waals surface area contributed by atoms with Gasteiger partial charge in [0.05, 0.1) is 12.8 Å². The predicted octanol–water partition coefficient (Wildman–Crippen LogP) is 1.02. The molecule has 6 nitrogen and oxygen atoms in total. The maximum Gasteiger partial charge on any atom is 0.372 e. The summed E-state index contributed by atoms with van der Waals surface area (Å²) in [7, 11) is 0. The maximum absolute atomic E-state index is 11.5. The molecule has 1 fully saturated rings. The van der Waals surface area contributed by atoms with Gasteiger partial charge in [-0.25, -0.2) is 4.79 Å². The van der Waals surface area contributed by atoms with E-state index in [1.54, 1.807) is 0 Å². The minimum Gasteiger partial charge on any atom is -0.475 e. The highest BCUT2D eigenvalue weighted by atomic mass is 16.4. The number of carbonyl (C=O) groups is 3. The van der Waals surface area contributed by atoms with Crippen LogP contribution in [-0.2, 0) is 16.1 Å². The standard InChI is InChI=1S/C11H11NO5/c13-8-2-1-3-9(14)12(8)6-7-4-5-17-10(7)11(15)16/h4-5H,1-3,6H2,(H,15,16). The molecule has 0 saturated carbocycles. The van der Waals surface area contributed by atoms with Crippen molar-refractivity contribution in [3.8, 4) is 0 Å². The molecule has 1 aliphatic rings. The van der Waals surface area contributed by atoms with Gasteiger partial charge in [0, 0.05) is 18.4 Å². The minimum atomic E-state index is -1.21.